The van der Waals surface area contributed by atoms with E-state index in [1.807, 2.05) is 37.3 Å². The molecule has 5 nitrogen and oxygen atoms in total. The standard InChI is InChI=1S/C20H25NO4S/c1-16(18-7-4-3-5-8-18)25-14-6-13-21-20(22)19-11-9-17(10-12-19)15-26(2,23)24/h3-5,7-12,16H,6,13-15H2,1-2H3,(H,21,22). The quantitative estimate of drug-likeness (QED) is 0.684. The van der Waals surface area contributed by atoms with Crippen molar-refractivity contribution in [1.82, 2.24) is 5.32 Å². The molecular formula is C20H25NO4S. The van der Waals surface area contributed by atoms with E-state index in [9.17, 15) is 13.2 Å². The summed E-state index contributed by atoms with van der Waals surface area (Å²) in [5.74, 6) is -0.196. The van der Waals surface area contributed by atoms with Gasteiger partial charge in [0.05, 0.1) is 11.9 Å². The second-order valence-electron chi connectivity index (χ2n) is 6.30. The highest BCUT2D eigenvalue weighted by atomic mass is 32.2. The van der Waals surface area contributed by atoms with Crippen molar-refractivity contribution in [2.24, 2.45) is 0 Å². The van der Waals surface area contributed by atoms with Gasteiger partial charge < -0.3 is 10.1 Å². The maximum atomic E-state index is 12.1. The van der Waals surface area contributed by atoms with Crippen molar-refractivity contribution >= 4 is 15.7 Å². The predicted octanol–water partition coefficient (Wildman–Crippen LogP) is 3.13. The van der Waals surface area contributed by atoms with Gasteiger partial charge in [-0.2, -0.15) is 0 Å². The summed E-state index contributed by atoms with van der Waals surface area (Å²) in [4.78, 5) is 12.1. The number of hydrogen-bond donors (Lipinski definition) is 1. The van der Waals surface area contributed by atoms with Gasteiger partial charge >= 0.3 is 0 Å². The smallest absolute Gasteiger partial charge is 0.251 e. The minimum absolute atomic E-state index is 0.0220. The summed E-state index contributed by atoms with van der Waals surface area (Å²) < 4.78 is 28.3. The maximum Gasteiger partial charge on any atom is 0.251 e. The van der Waals surface area contributed by atoms with Crippen LogP contribution in [0.2, 0.25) is 0 Å². The molecule has 0 aliphatic carbocycles. The van der Waals surface area contributed by atoms with Gasteiger partial charge in [0.2, 0.25) is 0 Å². The first kappa shape index (κ1) is 20.1. The van der Waals surface area contributed by atoms with Gasteiger partial charge in [0.1, 0.15) is 0 Å². The molecule has 0 fully saturated rings. The topological polar surface area (TPSA) is 72.5 Å². The summed E-state index contributed by atoms with van der Waals surface area (Å²) in [5, 5.41) is 2.84. The van der Waals surface area contributed by atoms with Crippen molar-refractivity contribution in [2.45, 2.75) is 25.2 Å². The number of benzene rings is 2. The fourth-order valence-corrected chi connectivity index (χ4v) is 3.31. The van der Waals surface area contributed by atoms with Crippen molar-refractivity contribution < 1.29 is 17.9 Å². The molecule has 0 bridgehead atoms. The first-order valence-electron chi connectivity index (χ1n) is 8.56. The molecule has 1 N–H and O–H groups in total. The van der Waals surface area contributed by atoms with Crippen LogP contribution in [0.5, 0.6) is 0 Å². The second kappa shape index (κ2) is 9.50. The van der Waals surface area contributed by atoms with Crippen LogP contribution in [0.4, 0.5) is 0 Å². The number of sulfone groups is 1. The lowest BCUT2D eigenvalue weighted by Gasteiger charge is -2.13. The Labute approximate surface area is 155 Å². The molecule has 1 atom stereocenters. The van der Waals surface area contributed by atoms with Crippen LogP contribution in [0, 0.1) is 0 Å². The molecule has 1 amide bonds. The van der Waals surface area contributed by atoms with Gasteiger partial charge in [0, 0.05) is 25.0 Å². The Kier molecular flexibility index (Phi) is 7.36. The van der Waals surface area contributed by atoms with Gasteiger partial charge in [-0.05, 0) is 36.6 Å². The van der Waals surface area contributed by atoms with E-state index in [2.05, 4.69) is 5.32 Å². The Hall–Kier alpha value is -2.18. The lowest BCUT2D eigenvalue weighted by molar-refractivity contribution is 0.0635. The molecule has 140 valence electrons. The molecule has 0 saturated heterocycles. The van der Waals surface area contributed by atoms with Crippen molar-refractivity contribution in [1.29, 1.82) is 0 Å². The number of ether oxygens (including phenoxy) is 1. The Balaban J connectivity index is 1.70. The number of amides is 1. The molecule has 2 rings (SSSR count). The van der Waals surface area contributed by atoms with E-state index >= 15 is 0 Å². The van der Waals surface area contributed by atoms with Gasteiger partial charge in [0.15, 0.2) is 9.84 Å². The van der Waals surface area contributed by atoms with Gasteiger partial charge in [-0.25, -0.2) is 8.42 Å². The molecule has 0 aromatic heterocycles. The molecule has 2 aromatic carbocycles. The number of nitrogens with one attached hydrogen (secondary N) is 1. The molecule has 0 aliphatic heterocycles. The lowest BCUT2D eigenvalue weighted by Crippen LogP contribution is -2.25. The molecule has 0 aliphatic rings. The monoisotopic (exact) mass is 375 g/mol. The third-order valence-electron chi connectivity index (χ3n) is 3.89. The average molecular weight is 375 g/mol. The summed E-state index contributed by atoms with van der Waals surface area (Å²) in [7, 11) is -3.07. The fourth-order valence-electron chi connectivity index (χ4n) is 2.51. The van der Waals surface area contributed by atoms with Gasteiger partial charge in [-0.15, -0.1) is 0 Å². The van der Waals surface area contributed by atoms with E-state index in [1.54, 1.807) is 24.3 Å². The van der Waals surface area contributed by atoms with Gasteiger partial charge in [0.25, 0.3) is 5.91 Å². The molecule has 0 radical (unpaired) electrons. The highest BCUT2D eigenvalue weighted by Crippen LogP contribution is 2.15. The molecule has 26 heavy (non-hydrogen) atoms. The third-order valence-corrected chi connectivity index (χ3v) is 4.75. The molecule has 0 heterocycles. The SMILES string of the molecule is CC(OCCCNC(=O)c1ccc(CS(C)(=O)=O)cc1)c1ccccc1. The zero-order valence-corrected chi connectivity index (χ0v) is 16.0. The molecule has 1 unspecified atom stereocenters. The Morgan fingerprint density at radius 2 is 1.73 bits per heavy atom. The number of rotatable bonds is 9. The van der Waals surface area contributed by atoms with Crippen LogP contribution < -0.4 is 5.32 Å². The van der Waals surface area contributed by atoms with Crippen LogP contribution in [0.25, 0.3) is 0 Å². The average Bonchev–Trinajstić information content (AvgIpc) is 2.61. The van der Waals surface area contributed by atoms with Crippen molar-refractivity contribution in [2.75, 3.05) is 19.4 Å². The van der Waals surface area contributed by atoms with Crippen molar-refractivity contribution in [3.05, 3.63) is 71.3 Å². The van der Waals surface area contributed by atoms with E-state index in [-0.39, 0.29) is 17.8 Å². The Morgan fingerprint density at radius 3 is 2.35 bits per heavy atom. The van der Waals surface area contributed by atoms with Gasteiger partial charge in [-0.1, -0.05) is 42.5 Å². The summed E-state index contributed by atoms with van der Waals surface area (Å²) >= 11 is 0. The highest BCUT2D eigenvalue weighted by Gasteiger charge is 2.08. The van der Waals surface area contributed by atoms with E-state index in [0.29, 0.717) is 24.3 Å². The number of hydrogen-bond acceptors (Lipinski definition) is 4. The van der Waals surface area contributed by atoms with E-state index in [4.69, 9.17) is 4.74 Å². The first-order chi connectivity index (χ1) is 12.3. The normalized spacial score (nSPS) is 12.5. The van der Waals surface area contributed by atoms with Crippen LogP contribution in [0.3, 0.4) is 0 Å². The largest absolute Gasteiger partial charge is 0.374 e. The second-order valence-corrected chi connectivity index (χ2v) is 8.44. The van der Waals surface area contributed by atoms with Crippen molar-refractivity contribution in [3.8, 4) is 0 Å². The third kappa shape index (κ3) is 6.98. The summed E-state index contributed by atoms with van der Waals surface area (Å²) in [6.07, 6.45) is 1.93. The lowest BCUT2D eigenvalue weighted by atomic mass is 10.1. The molecule has 0 saturated carbocycles. The van der Waals surface area contributed by atoms with Gasteiger partial charge in [-0.3, -0.25) is 4.79 Å². The fraction of sp³-hybridized carbons (Fsp3) is 0.350. The highest BCUT2D eigenvalue weighted by molar-refractivity contribution is 7.89. The zero-order valence-electron chi connectivity index (χ0n) is 15.1. The first-order valence-corrected chi connectivity index (χ1v) is 10.6. The molecular weight excluding hydrogens is 350 g/mol. The Bertz CT molecular complexity index is 801. The summed E-state index contributed by atoms with van der Waals surface area (Å²) in [6.45, 7) is 3.08. The number of carbonyl (C=O) groups excluding carboxylic acids is 1. The summed E-state index contributed by atoms with van der Waals surface area (Å²) in [6, 6.07) is 16.6. The molecule has 6 heteroatoms. The minimum Gasteiger partial charge on any atom is -0.374 e. The van der Waals surface area contributed by atoms with Crippen LogP contribution >= 0.6 is 0 Å². The van der Waals surface area contributed by atoms with Crippen LogP contribution in [0.15, 0.2) is 54.6 Å². The summed E-state index contributed by atoms with van der Waals surface area (Å²) in [5.41, 5.74) is 2.32. The number of carbonyl (C=O) groups is 1. The Morgan fingerprint density at radius 1 is 1.08 bits per heavy atom. The predicted molar refractivity (Wildman–Crippen MR) is 103 cm³/mol. The van der Waals surface area contributed by atoms with E-state index < -0.39 is 9.84 Å². The van der Waals surface area contributed by atoms with Crippen LogP contribution in [0.1, 0.15) is 40.9 Å². The zero-order chi connectivity index (χ0) is 19.0. The minimum atomic E-state index is -3.07. The van der Waals surface area contributed by atoms with Crippen LogP contribution in [-0.2, 0) is 20.3 Å². The van der Waals surface area contributed by atoms with E-state index in [0.717, 1.165) is 12.0 Å². The van der Waals surface area contributed by atoms with Crippen molar-refractivity contribution in [3.63, 3.8) is 0 Å². The maximum absolute atomic E-state index is 12.1. The van der Waals surface area contributed by atoms with E-state index in [1.165, 1.54) is 6.26 Å². The molecule has 0 spiro atoms. The van der Waals surface area contributed by atoms with Crippen LogP contribution in [-0.4, -0.2) is 33.7 Å². The molecule has 2 aromatic rings.